The smallest absolute Gasteiger partial charge is 0.238 e. The molecular formula is C25H32N4O3S2. The van der Waals surface area contributed by atoms with Crippen LogP contribution in [0.4, 0.5) is 5.00 Å². The number of rotatable bonds is 6. The van der Waals surface area contributed by atoms with E-state index in [2.05, 4.69) is 30.1 Å². The minimum atomic E-state index is -3.77. The molecule has 3 N–H and O–H groups in total. The second-order valence-corrected chi connectivity index (χ2v) is 12.8. The van der Waals surface area contributed by atoms with E-state index in [4.69, 9.17) is 5.14 Å². The van der Waals surface area contributed by atoms with Gasteiger partial charge in [0.15, 0.2) is 0 Å². The second-order valence-electron chi connectivity index (χ2n) is 10.1. The van der Waals surface area contributed by atoms with E-state index in [0.717, 1.165) is 31.0 Å². The van der Waals surface area contributed by atoms with Gasteiger partial charge in [-0.05, 0) is 50.3 Å². The van der Waals surface area contributed by atoms with Gasteiger partial charge in [0.1, 0.15) is 11.1 Å². The van der Waals surface area contributed by atoms with Crippen molar-refractivity contribution in [1.82, 2.24) is 4.90 Å². The highest BCUT2D eigenvalue weighted by molar-refractivity contribution is 7.89. The molecule has 0 spiro atoms. The van der Waals surface area contributed by atoms with Crippen molar-refractivity contribution < 1.29 is 13.2 Å². The van der Waals surface area contributed by atoms with Gasteiger partial charge < -0.3 is 5.32 Å². The van der Waals surface area contributed by atoms with E-state index >= 15 is 0 Å². The van der Waals surface area contributed by atoms with Crippen LogP contribution in [-0.2, 0) is 34.2 Å². The first-order chi connectivity index (χ1) is 16.1. The standard InChI is InChI=1S/C25H32N4O3S2/c1-25(2)13-22-21(16-29(25)15-18-6-4-3-5-7-18)20(14-26)24(33-22)28-23(30)12-17-8-10-19(11-9-17)34(27,31)32/h8-11,18H,3-7,12-13,15-16H2,1-2H3,(H,28,30)(H2,27,31,32). The minimum Gasteiger partial charge on any atom is -0.316 e. The van der Waals surface area contributed by atoms with Gasteiger partial charge in [-0.1, -0.05) is 31.4 Å². The summed E-state index contributed by atoms with van der Waals surface area (Å²) in [4.78, 5) is 16.4. The van der Waals surface area contributed by atoms with Crippen LogP contribution in [0.3, 0.4) is 0 Å². The number of benzene rings is 1. The van der Waals surface area contributed by atoms with Gasteiger partial charge in [-0.15, -0.1) is 11.3 Å². The van der Waals surface area contributed by atoms with Crippen LogP contribution in [0.5, 0.6) is 0 Å². The summed E-state index contributed by atoms with van der Waals surface area (Å²) in [5, 5.41) is 18.6. The van der Waals surface area contributed by atoms with E-state index in [1.807, 2.05) is 0 Å². The number of carbonyl (C=O) groups excluding carboxylic acids is 1. The lowest BCUT2D eigenvalue weighted by atomic mass is 9.84. The van der Waals surface area contributed by atoms with Crippen LogP contribution >= 0.6 is 11.3 Å². The maximum atomic E-state index is 12.7. The zero-order chi connectivity index (χ0) is 24.5. The Hall–Kier alpha value is -2.25. The Balaban J connectivity index is 1.48. The normalized spacial score (nSPS) is 18.8. The quantitative estimate of drug-likeness (QED) is 0.618. The molecule has 1 fully saturated rings. The van der Waals surface area contributed by atoms with E-state index in [1.165, 1.54) is 60.5 Å². The van der Waals surface area contributed by atoms with Gasteiger partial charge in [0.05, 0.1) is 16.9 Å². The van der Waals surface area contributed by atoms with E-state index in [1.54, 1.807) is 12.1 Å². The molecule has 2 aliphatic rings. The zero-order valence-electron chi connectivity index (χ0n) is 19.8. The molecule has 2 heterocycles. The van der Waals surface area contributed by atoms with Crippen molar-refractivity contribution in [2.75, 3.05) is 11.9 Å². The monoisotopic (exact) mass is 500 g/mol. The molecule has 1 aliphatic carbocycles. The molecule has 4 rings (SSSR count). The predicted molar refractivity (Wildman–Crippen MR) is 134 cm³/mol. The van der Waals surface area contributed by atoms with Crippen LogP contribution in [0.1, 0.15) is 67.5 Å². The van der Waals surface area contributed by atoms with Gasteiger partial charge in [-0.3, -0.25) is 9.69 Å². The summed E-state index contributed by atoms with van der Waals surface area (Å²) in [5.74, 6) is 0.482. The van der Waals surface area contributed by atoms with E-state index in [9.17, 15) is 18.5 Å². The van der Waals surface area contributed by atoms with Crippen molar-refractivity contribution in [3.63, 3.8) is 0 Å². The predicted octanol–water partition coefficient (Wildman–Crippen LogP) is 4.17. The number of fused-ring (bicyclic) bond motifs is 1. The summed E-state index contributed by atoms with van der Waals surface area (Å²) in [6.07, 6.45) is 7.48. The highest BCUT2D eigenvalue weighted by Crippen LogP contribution is 2.42. The summed E-state index contributed by atoms with van der Waals surface area (Å²) in [6.45, 7) is 6.34. The highest BCUT2D eigenvalue weighted by atomic mass is 32.2. The SMILES string of the molecule is CC1(C)Cc2sc(NC(=O)Cc3ccc(S(N)(=O)=O)cc3)c(C#N)c2CN1CC1CCCCC1. The molecule has 7 nitrogen and oxygen atoms in total. The summed E-state index contributed by atoms with van der Waals surface area (Å²) < 4.78 is 22.8. The van der Waals surface area contributed by atoms with Crippen LogP contribution in [-0.4, -0.2) is 31.3 Å². The molecule has 182 valence electrons. The van der Waals surface area contributed by atoms with Crippen molar-refractivity contribution in [2.45, 2.75) is 75.8 Å². The van der Waals surface area contributed by atoms with Crippen LogP contribution < -0.4 is 10.5 Å². The summed E-state index contributed by atoms with van der Waals surface area (Å²) in [5.41, 5.74) is 2.30. The maximum Gasteiger partial charge on any atom is 0.238 e. The number of hydrogen-bond donors (Lipinski definition) is 2. The summed E-state index contributed by atoms with van der Waals surface area (Å²) in [7, 11) is -3.77. The van der Waals surface area contributed by atoms with Crippen molar-refractivity contribution in [2.24, 2.45) is 11.1 Å². The first-order valence-corrected chi connectivity index (χ1v) is 14.1. The molecule has 1 saturated carbocycles. The Morgan fingerprint density at radius 3 is 2.53 bits per heavy atom. The number of nitrogens with zero attached hydrogens (tertiary/aromatic N) is 2. The molecule has 0 saturated heterocycles. The van der Waals surface area contributed by atoms with E-state index in [0.29, 0.717) is 16.1 Å². The number of nitrogens with one attached hydrogen (secondary N) is 1. The average molecular weight is 501 g/mol. The van der Waals surface area contributed by atoms with Gasteiger partial charge in [0, 0.05) is 35.5 Å². The molecule has 1 aliphatic heterocycles. The first kappa shape index (κ1) is 24.9. The number of nitrogens with two attached hydrogens (primary N) is 1. The number of hydrogen-bond acceptors (Lipinski definition) is 6. The van der Waals surface area contributed by atoms with Crippen LogP contribution in [0.15, 0.2) is 29.2 Å². The van der Waals surface area contributed by atoms with Crippen molar-refractivity contribution in [3.05, 3.63) is 45.8 Å². The number of amides is 1. The number of nitriles is 1. The summed E-state index contributed by atoms with van der Waals surface area (Å²) >= 11 is 1.50. The number of carbonyl (C=O) groups is 1. The Kier molecular flexibility index (Phi) is 7.15. The van der Waals surface area contributed by atoms with Crippen molar-refractivity contribution in [3.8, 4) is 6.07 Å². The van der Waals surface area contributed by atoms with Gasteiger partial charge in [0.25, 0.3) is 0 Å². The molecule has 9 heteroatoms. The third-order valence-corrected chi connectivity index (χ3v) is 9.15. The fraction of sp³-hybridized carbons (Fsp3) is 0.520. The molecule has 1 aromatic heterocycles. The Morgan fingerprint density at radius 1 is 1.24 bits per heavy atom. The van der Waals surface area contributed by atoms with Gasteiger partial charge >= 0.3 is 0 Å². The third kappa shape index (κ3) is 5.52. The van der Waals surface area contributed by atoms with Crippen LogP contribution in [0, 0.1) is 17.2 Å². The van der Waals surface area contributed by atoms with E-state index in [-0.39, 0.29) is 22.8 Å². The lowest BCUT2D eigenvalue weighted by Crippen LogP contribution is -2.50. The van der Waals surface area contributed by atoms with Crippen LogP contribution in [0.25, 0.3) is 0 Å². The van der Waals surface area contributed by atoms with E-state index < -0.39 is 10.0 Å². The van der Waals surface area contributed by atoms with Crippen molar-refractivity contribution >= 4 is 32.3 Å². The topological polar surface area (TPSA) is 116 Å². The van der Waals surface area contributed by atoms with Crippen LogP contribution in [0.2, 0.25) is 0 Å². The molecule has 34 heavy (non-hydrogen) atoms. The zero-order valence-corrected chi connectivity index (χ0v) is 21.4. The maximum absolute atomic E-state index is 12.7. The molecule has 2 aromatic rings. The fourth-order valence-corrected chi connectivity index (χ4v) is 7.00. The lowest BCUT2D eigenvalue weighted by molar-refractivity contribution is -0.115. The molecule has 0 radical (unpaired) electrons. The molecule has 0 unspecified atom stereocenters. The summed E-state index contributed by atoms with van der Waals surface area (Å²) in [6, 6.07) is 8.28. The van der Waals surface area contributed by atoms with Gasteiger partial charge in [-0.25, -0.2) is 13.6 Å². The molecule has 0 atom stereocenters. The van der Waals surface area contributed by atoms with Gasteiger partial charge in [0.2, 0.25) is 15.9 Å². The number of sulfonamides is 1. The Bertz CT molecular complexity index is 1200. The Labute approximate surface area is 206 Å². The average Bonchev–Trinajstić information content (AvgIpc) is 3.08. The third-order valence-electron chi connectivity index (χ3n) is 7.07. The number of anilines is 1. The second kappa shape index (κ2) is 9.78. The molecular weight excluding hydrogens is 468 g/mol. The number of thiophene rings is 1. The molecule has 1 amide bonds. The molecule has 0 bridgehead atoms. The Morgan fingerprint density at radius 2 is 1.91 bits per heavy atom. The molecule has 1 aromatic carbocycles. The lowest BCUT2D eigenvalue weighted by Gasteiger charge is -2.44. The first-order valence-electron chi connectivity index (χ1n) is 11.8. The highest BCUT2D eigenvalue weighted by Gasteiger charge is 2.37. The fourth-order valence-electron chi connectivity index (χ4n) is 5.08. The minimum absolute atomic E-state index is 0.00831. The van der Waals surface area contributed by atoms with Gasteiger partial charge in [-0.2, -0.15) is 5.26 Å². The number of primary sulfonamides is 1. The van der Waals surface area contributed by atoms with Crippen molar-refractivity contribution in [1.29, 1.82) is 5.26 Å². The largest absolute Gasteiger partial charge is 0.316 e.